The van der Waals surface area contributed by atoms with Crippen LogP contribution in [0.1, 0.15) is 17.5 Å². The molecule has 0 N–H and O–H groups in total. The number of aromatic nitrogens is 2. The van der Waals surface area contributed by atoms with E-state index < -0.39 is 0 Å². The third kappa shape index (κ3) is 3.84. The number of benzene rings is 1. The first-order valence-corrected chi connectivity index (χ1v) is 7.71. The van der Waals surface area contributed by atoms with Gasteiger partial charge in [-0.1, -0.05) is 30.3 Å². The fraction of sp³-hybridized carbons (Fsp3) is 0.353. The van der Waals surface area contributed by atoms with Gasteiger partial charge in [-0.25, -0.2) is 5.01 Å². The largest absolute Gasteiger partial charge is 0.293 e. The van der Waals surface area contributed by atoms with Crippen LogP contribution in [0.3, 0.4) is 0 Å². The minimum Gasteiger partial charge on any atom is -0.293 e. The van der Waals surface area contributed by atoms with Gasteiger partial charge in [0.2, 0.25) is 0 Å². The highest BCUT2D eigenvalue weighted by Crippen LogP contribution is 2.14. The molecule has 0 bridgehead atoms. The Kier molecular flexibility index (Phi) is 4.52. The van der Waals surface area contributed by atoms with Gasteiger partial charge in [0, 0.05) is 31.8 Å². The van der Waals surface area contributed by atoms with Gasteiger partial charge >= 0.3 is 0 Å². The van der Waals surface area contributed by atoms with Crippen LogP contribution in [0.2, 0.25) is 0 Å². The number of hydrogen-bond acceptors (Lipinski definition) is 4. The standard InChI is InChI=1S/C17H21N5O/c1-20(11-14-10-18-21(2)12-14)13-17(23)22-9-8-16(19-22)15-6-4-3-5-7-15/h3-7,10,12H,8-9,11,13H2,1-2H3. The van der Waals surface area contributed by atoms with Gasteiger partial charge in [-0.3, -0.25) is 14.4 Å². The third-order valence-electron chi connectivity index (χ3n) is 3.81. The van der Waals surface area contributed by atoms with Gasteiger partial charge in [0.05, 0.1) is 25.0 Å². The second kappa shape index (κ2) is 6.75. The monoisotopic (exact) mass is 311 g/mol. The summed E-state index contributed by atoms with van der Waals surface area (Å²) >= 11 is 0. The maximum Gasteiger partial charge on any atom is 0.256 e. The SMILES string of the molecule is CN(CC(=O)N1CCC(c2ccccc2)=N1)Cc1cnn(C)c1. The molecule has 0 saturated carbocycles. The molecule has 1 aromatic heterocycles. The molecule has 0 atom stereocenters. The normalized spacial score (nSPS) is 14.4. The van der Waals surface area contributed by atoms with E-state index in [1.807, 2.05) is 61.7 Å². The summed E-state index contributed by atoms with van der Waals surface area (Å²) in [6.45, 7) is 1.70. The number of rotatable bonds is 5. The van der Waals surface area contributed by atoms with Crippen LogP contribution >= 0.6 is 0 Å². The van der Waals surface area contributed by atoms with E-state index in [9.17, 15) is 4.79 Å². The Hall–Kier alpha value is -2.47. The molecule has 0 aliphatic carbocycles. The van der Waals surface area contributed by atoms with Crippen LogP contribution in [-0.4, -0.2) is 51.4 Å². The topological polar surface area (TPSA) is 53.7 Å². The Bertz CT molecular complexity index is 707. The highest BCUT2D eigenvalue weighted by atomic mass is 16.2. The van der Waals surface area contributed by atoms with Gasteiger partial charge in [0.25, 0.3) is 5.91 Å². The van der Waals surface area contributed by atoms with Gasteiger partial charge in [0.1, 0.15) is 0 Å². The Morgan fingerprint density at radius 1 is 1.30 bits per heavy atom. The molecule has 6 nitrogen and oxygen atoms in total. The lowest BCUT2D eigenvalue weighted by Crippen LogP contribution is -2.34. The van der Waals surface area contributed by atoms with Crippen molar-refractivity contribution >= 4 is 11.6 Å². The van der Waals surface area contributed by atoms with Crippen LogP contribution < -0.4 is 0 Å². The van der Waals surface area contributed by atoms with E-state index in [2.05, 4.69) is 10.2 Å². The van der Waals surface area contributed by atoms with Crippen LogP contribution in [-0.2, 0) is 18.4 Å². The van der Waals surface area contributed by atoms with Crippen LogP contribution in [0.4, 0.5) is 0 Å². The molecule has 1 aliphatic heterocycles. The van der Waals surface area contributed by atoms with Gasteiger partial charge in [-0.2, -0.15) is 10.2 Å². The Morgan fingerprint density at radius 2 is 2.09 bits per heavy atom. The summed E-state index contributed by atoms with van der Waals surface area (Å²) in [5.41, 5.74) is 3.16. The molecule has 0 fully saturated rings. The number of carbonyl (C=O) groups is 1. The summed E-state index contributed by atoms with van der Waals surface area (Å²) in [7, 11) is 3.82. The van der Waals surface area contributed by atoms with Gasteiger partial charge in [-0.05, 0) is 12.6 Å². The average molecular weight is 311 g/mol. The van der Waals surface area contributed by atoms with Crippen molar-refractivity contribution in [1.82, 2.24) is 19.7 Å². The lowest BCUT2D eigenvalue weighted by Gasteiger charge is -2.18. The van der Waals surface area contributed by atoms with Gasteiger partial charge in [-0.15, -0.1) is 0 Å². The van der Waals surface area contributed by atoms with Gasteiger partial charge < -0.3 is 0 Å². The third-order valence-corrected chi connectivity index (χ3v) is 3.81. The second-order valence-corrected chi connectivity index (χ2v) is 5.87. The molecule has 3 rings (SSSR count). The smallest absolute Gasteiger partial charge is 0.256 e. The van der Waals surface area contributed by atoms with E-state index in [0.29, 0.717) is 19.6 Å². The molecule has 120 valence electrons. The zero-order valence-electron chi connectivity index (χ0n) is 13.5. The van der Waals surface area contributed by atoms with Crippen LogP contribution in [0.15, 0.2) is 47.8 Å². The summed E-state index contributed by atoms with van der Waals surface area (Å²) in [5.74, 6) is 0.0299. The van der Waals surface area contributed by atoms with Crippen molar-refractivity contribution in [1.29, 1.82) is 0 Å². The number of carbonyl (C=O) groups excluding carboxylic acids is 1. The van der Waals surface area contributed by atoms with E-state index in [1.54, 1.807) is 9.69 Å². The molecule has 0 radical (unpaired) electrons. The summed E-state index contributed by atoms with van der Waals surface area (Å²) < 4.78 is 1.77. The molecule has 1 aliphatic rings. The van der Waals surface area contributed by atoms with Crippen LogP contribution in [0, 0.1) is 0 Å². The van der Waals surface area contributed by atoms with Crippen molar-refractivity contribution in [3.05, 3.63) is 53.9 Å². The predicted octanol–water partition coefficient (Wildman–Crippen LogP) is 1.49. The Balaban J connectivity index is 1.57. The quantitative estimate of drug-likeness (QED) is 0.840. The lowest BCUT2D eigenvalue weighted by atomic mass is 10.1. The van der Waals surface area contributed by atoms with Crippen molar-refractivity contribution < 1.29 is 4.79 Å². The zero-order valence-corrected chi connectivity index (χ0v) is 13.5. The molecule has 0 spiro atoms. The van der Waals surface area contributed by atoms with Crippen molar-refractivity contribution in [2.45, 2.75) is 13.0 Å². The average Bonchev–Trinajstić information content (AvgIpc) is 3.17. The number of likely N-dealkylation sites (N-methyl/N-ethyl adjacent to an activating group) is 1. The summed E-state index contributed by atoms with van der Waals surface area (Å²) in [6, 6.07) is 10.0. The number of hydrogen-bond donors (Lipinski definition) is 0. The fourth-order valence-corrected chi connectivity index (χ4v) is 2.70. The number of amides is 1. The molecule has 2 heterocycles. The van der Waals surface area contributed by atoms with Crippen molar-refractivity contribution in [2.75, 3.05) is 20.1 Å². The minimum absolute atomic E-state index is 0.0299. The molecular weight excluding hydrogens is 290 g/mol. The predicted molar refractivity (Wildman–Crippen MR) is 88.9 cm³/mol. The van der Waals surface area contributed by atoms with Crippen LogP contribution in [0.5, 0.6) is 0 Å². The van der Waals surface area contributed by atoms with E-state index in [0.717, 1.165) is 23.3 Å². The highest BCUT2D eigenvalue weighted by molar-refractivity contribution is 6.02. The Labute approximate surface area is 136 Å². The fourth-order valence-electron chi connectivity index (χ4n) is 2.70. The van der Waals surface area contributed by atoms with E-state index >= 15 is 0 Å². The van der Waals surface area contributed by atoms with E-state index in [4.69, 9.17) is 0 Å². The van der Waals surface area contributed by atoms with Crippen molar-refractivity contribution in [3.8, 4) is 0 Å². The Morgan fingerprint density at radius 3 is 2.78 bits per heavy atom. The first-order chi connectivity index (χ1) is 11.1. The summed E-state index contributed by atoms with van der Waals surface area (Å²) in [4.78, 5) is 14.4. The zero-order chi connectivity index (χ0) is 16.2. The molecule has 6 heteroatoms. The molecular formula is C17H21N5O. The van der Waals surface area contributed by atoms with Crippen molar-refractivity contribution in [2.24, 2.45) is 12.1 Å². The van der Waals surface area contributed by atoms with E-state index in [1.165, 1.54) is 0 Å². The number of aryl methyl sites for hydroxylation is 1. The maximum absolute atomic E-state index is 12.4. The molecule has 0 saturated heterocycles. The number of hydrazone groups is 1. The van der Waals surface area contributed by atoms with Gasteiger partial charge in [0.15, 0.2) is 0 Å². The highest BCUT2D eigenvalue weighted by Gasteiger charge is 2.22. The molecule has 2 aromatic rings. The molecule has 1 amide bonds. The molecule has 23 heavy (non-hydrogen) atoms. The second-order valence-electron chi connectivity index (χ2n) is 5.87. The summed E-state index contributed by atoms with van der Waals surface area (Å²) in [5, 5.41) is 10.2. The number of nitrogens with zero attached hydrogens (tertiary/aromatic N) is 5. The first kappa shape index (κ1) is 15.4. The van der Waals surface area contributed by atoms with E-state index in [-0.39, 0.29) is 5.91 Å². The molecule has 0 unspecified atom stereocenters. The van der Waals surface area contributed by atoms with Crippen LogP contribution in [0.25, 0.3) is 0 Å². The maximum atomic E-state index is 12.4. The lowest BCUT2D eigenvalue weighted by molar-refractivity contribution is -0.131. The molecule has 1 aromatic carbocycles. The minimum atomic E-state index is 0.0299. The first-order valence-electron chi connectivity index (χ1n) is 7.71. The summed E-state index contributed by atoms with van der Waals surface area (Å²) in [6.07, 6.45) is 4.59. The van der Waals surface area contributed by atoms with Crippen molar-refractivity contribution in [3.63, 3.8) is 0 Å².